The van der Waals surface area contributed by atoms with E-state index in [1.165, 1.54) is 12.8 Å². The minimum Gasteiger partial charge on any atom is -0.384 e. The van der Waals surface area contributed by atoms with Crippen molar-refractivity contribution in [1.29, 1.82) is 0 Å². The molecule has 0 aromatic carbocycles. The van der Waals surface area contributed by atoms with Crippen LogP contribution in [-0.4, -0.2) is 49.8 Å². The van der Waals surface area contributed by atoms with Crippen LogP contribution in [0.1, 0.15) is 81.1 Å². The minimum atomic E-state index is 0.0958. The summed E-state index contributed by atoms with van der Waals surface area (Å²) in [7, 11) is 1.72. The van der Waals surface area contributed by atoms with Gasteiger partial charge in [-0.1, -0.05) is 47.5 Å². The molecule has 1 fully saturated rings. The number of unbranched alkanes of at least 4 members (excludes halogenated alkanes) is 1. The molecule has 0 spiro atoms. The Morgan fingerprint density at radius 2 is 1.59 bits per heavy atom. The molecule has 1 amide bonds. The molecule has 1 heterocycles. The van der Waals surface area contributed by atoms with Gasteiger partial charge in [0.1, 0.15) is 0 Å². The second-order valence-electron chi connectivity index (χ2n) is 8.70. The lowest BCUT2D eigenvalue weighted by Crippen LogP contribution is -2.46. The number of carbonyl (C=O) groups is 1. The number of ether oxygens (including phenoxy) is 2. The minimum absolute atomic E-state index is 0.0958. The van der Waals surface area contributed by atoms with E-state index in [2.05, 4.69) is 55.4 Å². The van der Waals surface area contributed by atoms with Crippen molar-refractivity contribution in [3.63, 3.8) is 0 Å². The van der Waals surface area contributed by atoms with E-state index >= 15 is 0 Å². The van der Waals surface area contributed by atoms with Crippen molar-refractivity contribution in [3.8, 4) is 0 Å². The molecule has 27 heavy (non-hydrogen) atoms. The van der Waals surface area contributed by atoms with Crippen LogP contribution in [0.25, 0.3) is 0 Å². The fourth-order valence-electron chi connectivity index (χ4n) is 4.08. The maximum absolute atomic E-state index is 13.2. The van der Waals surface area contributed by atoms with Crippen molar-refractivity contribution in [3.05, 3.63) is 0 Å². The third-order valence-electron chi connectivity index (χ3n) is 5.42. The molecular weight excluding hydrogens is 338 g/mol. The molecule has 0 N–H and O–H groups in total. The van der Waals surface area contributed by atoms with Crippen LogP contribution in [0.4, 0.5) is 0 Å². The summed E-state index contributed by atoms with van der Waals surface area (Å²) in [6.45, 7) is 19.4. The number of carbonyl (C=O) groups excluding carboxylic acids is 1. The molecular formula is C23H47NO3. The Kier molecular flexibility index (Phi) is 14.1. The zero-order valence-electron chi connectivity index (χ0n) is 19.6. The molecule has 1 aliphatic rings. The molecule has 0 radical (unpaired) electrons. The summed E-state index contributed by atoms with van der Waals surface area (Å²) in [4.78, 5) is 15.2. The molecule has 0 bridgehead atoms. The Balaban J connectivity index is 0.00000153. The highest BCUT2D eigenvalue weighted by atomic mass is 16.5. The van der Waals surface area contributed by atoms with Crippen LogP contribution >= 0.6 is 0 Å². The number of hydrogen-bond donors (Lipinski definition) is 0. The van der Waals surface area contributed by atoms with Gasteiger partial charge in [0.2, 0.25) is 5.91 Å². The van der Waals surface area contributed by atoms with Crippen LogP contribution in [0.5, 0.6) is 0 Å². The summed E-state index contributed by atoms with van der Waals surface area (Å²) >= 11 is 0. The highest BCUT2D eigenvalue weighted by molar-refractivity contribution is 5.79. The fraction of sp³-hybridized carbons (Fsp3) is 0.957. The average molecular weight is 386 g/mol. The van der Waals surface area contributed by atoms with Gasteiger partial charge in [-0.2, -0.15) is 0 Å². The lowest BCUT2D eigenvalue weighted by Gasteiger charge is -2.40. The van der Waals surface area contributed by atoms with Crippen LogP contribution < -0.4 is 0 Å². The Morgan fingerprint density at radius 1 is 1.07 bits per heavy atom. The molecule has 0 saturated carbocycles. The van der Waals surface area contributed by atoms with Gasteiger partial charge in [-0.15, -0.1) is 0 Å². The Bertz CT molecular complexity index is 374. The predicted molar refractivity (Wildman–Crippen MR) is 115 cm³/mol. The van der Waals surface area contributed by atoms with Crippen LogP contribution in [0, 0.1) is 23.7 Å². The van der Waals surface area contributed by atoms with E-state index < -0.39 is 0 Å². The van der Waals surface area contributed by atoms with Gasteiger partial charge in [0, 0.05) is 26.1 Å². The predicted octanol–water partition coefficient (Wildman–Crippen LogP) is 5.40. The Morgan fingerprint density at radius 3 is 1.96 bits per heavy atom. The number of amides is 1. The maximum atomic E-state index is 13.2. The summed E-state index contributed by atoms with van der Waals surface area (Å²) < 4.78 is 11.1. The van der Waals surface area contributed by atoms with Gasteiger partial charge >= 0.3 is 0 Å². The normalized spacial score (nSPS) is 24.7. The molecule has 0 aromatic heterocycles. The van der Waals surface area contributed by atoms with Gasteiger partial charge in [-0.3, -0.25) is 4.79 Å². The van der Waals surface area contributed by atoms with Crippen LogP contribution in [0.15, 0.2) is 0 Å². The summed E-state index contributed by atoms with van der Waals surface area (Å²) in [6, 6.07) is 0. The van der Waals surface area contributed by atoms with Gasteiger partial charge in [0.15, 0.2) is 0 Å². The Labute approximate surface area is 169 Å². The molecule has 162 valence electrons. The van der Waals surface area contributed by atoms with Gasteiger partial charge < -0.3 is 14.4 Å². The lowest BCUT2D eigenvalue weighted by molar-refractivity contribution is -0.144. The zero-order chi connectivity index (χ0) is 21.0. The Hall–Kier alpha value is -0.610. The standard InChI is InChI=1S/C19H37NO3.C4H10/c1-8-20(11-14(4)12-22-7)19(21)18(13(2)3)17-9-15(5)23-16(6)10-17;1-3-4-2/h13-18H,8-12H2,1-7H3;3-4H2,1-2H3. The van der Waals surface area contributed by atoms with Crippen molar-refractivity contribution in [2.45, 2.75) is 93.3 Å². The smallest absolute Gasteiger partial charge is 0.226 e. The molecule has 4 nitrogen and oxygen atoms in total. The molecule has 0 aromatic rings. The first-order chi connectivity index (χ1) is 12.7. The number of rotatable bonds is 9. The SMILES string of the molecule is CCCC.CCN(CC(C)COC)C(=O)C(C(C)C)C1CC(C)OC(C)C1. The molecule has 1 aliphatic heterocycles. The van der Waals surface area contributed by atoms with Crippen molar-refractivity contribution < 1.29 is 14.3 Å². The second-order valence-corrected chi connectivity index (χ2v) is 8.70. The third kappa shape index (κ3) is 9.94. The quantitative estimate of drug-likeness (QED) is 0.533. The lowest BCUT2D eigenvalue weighted by atomic mass is 9.75. The van der Waals surface area contributed by atoms with E-state index in [0.29, 0.717) is 30.3 Å². The molecule has 1 saturated heterocycles. The van der Waals surface area contributed by atoms with Gasteiger partial charge in [0.25, 0.3) is 0 Å². The summed E-state index contributed by atoms with van der Waals surface area (Å²) in [6.07, 6.45) is 5.12. The van der Waals surface area contributed by atoms with Crippen LogP contribution in [-0.2, 0) is 14.3 Å². The molecule has 4 heteroatoms. The van der Waals surface area contributed by atoms with E-state index in [9.17, 15) is 4.79 Å². The molecule has 0 aliphatic carbocycles. The first-order valence-electron chi connectivity index (χ1n) is 11.1. The topological polar surface area (TPSA) is 38.8 Å². The fourth-order valence-corrected chi connectivity index (χ4v) is 4.08. The van der Waals surface area contributed by atoms with Gasteiger partial charge in [0.05, 0.1) is 18.8 Å². The second kappa shape index (κ2) is 14.4. The molecule has 1 rings (SSSR count). The molecule has 4 unspecified atom stereocenters. The molecule has 4 atom stereocenters. The third-order valence-corrected chi connectivity index (χ3v) is 5.42. The van der Waals surface area contributed by atoms with E-state index in [-0.39, 0.29) is 18.1 Å². The van der Waals surface area contributed by atoms with E-state index in [1.807, 2.05) is 4.90 Å². The highest BCUT2D eigenvalue weighted by Crippen LogP contribution is 2.35. The number of nitrogens with zero attached hydrogens (tertiary/aromatic N) is 1. The van der Waals surface area contributed by atoms with Crippen LogP contribution in [0.3, 0.4) is 0 Å². The van der Waals surface area contributed by atoms with Crippen molar-refractivity contribution in [1.82, 2.24) is 4.90 Å². The summed E-state index contributed by atoms with van der Waals surface area (Å²) in [5.74, 6) is 1.56. The highest BCUT2D eigenvalue weighted by Gasteiger charge is 2.38. The zero-order valence-corrected chi connectivity index (χ0v) is 19.6. The first-order valence-corrected chi connectivity index (χ1v) is 11.1. The van der Waals surface area contributed by atoms with E-state index in [4.69, 9.17) is 9.47 Å². The monoisotopic (exact) mass is 385 g/mol. The number of hydrogen-bond acceptors (Lipinski definition) is 3. The van der Waals surface area contributed by atoms with Crippen molar-refractivity contribution in [2.24, 2.45) is 23.7 Å². The van der Waals surface area contributed by atoms with Crippen molar-refractivity contribution in [2.75, 3.05) is 26.8 Å². The van der Waals surface area contributed by atoms with Crippen molar-refractivity contribution >= 4 is 5.91 Å². The summed E-state index contributed by atoms with van der Waals surface area (Å²) in [5, 5.41) is 0. The largest absolute Gasteiger partial charge is 0.384 e. The number of methoxy groups -OCH3 is 1. The first kappa shape index (κ1) is 26.4. The van der Waals surface area contributed by atoms with Gasteiger partial charge in [-0.05, 0) is 51.4 Å². The van der Waals surface area contributed by atoms with Crippen LogP contribution in [0.2, 0.25) is 0 Å². The van der Waals surface area contributed by atoms with E-state index in [1.54, 1.807) is 7.11 Å². The van der Waals surface area contributed by atoms with E-state index in [0.717, 1.165) is 25.9 Å². The maximum Gasteiger partial charge on any atom is 0.226 e. The van der Waals surface area contributed by atoms with Gasteiger partial charge in [-0.25, -0.2) is 0 Å². The summed E-state index contributed by atoms with van der Waals surface area (Å²) in [5.41, 5.74) is 0. The average Bonchev–Trinajstić information content (AvgIpc) is 2.59.